The monoisotopic (exact) mass is 252 g/mol. The van der Waals surface area contributed by atoms with Gasteiger partial charge in [-0.1, -0.05) is 20.8 Å². The zero-order chi connectivity index (χ0) is 13.1. The van der Waals surface area contributed by atoms with Crippen molar-refractivity contribution in [2.75, 3.05) is 6.54 Å². The molecule has 2 aliphatic rings. The third-order valence-corrected chi connectivity index (χ3v) is 4.26. The Balaban J connectivity index is 1.98. The van der Waals surface area contributed by atoms with Crippen molar-refractivity contribution in [3.63, 3.8) is 0 Å². The molecule has 0 aliphatic carbocycles. The second-order valence-electron chi connectivity index (χ2n) is 6.45. The molecule has 2 aliphatic heterocycles. The first-order chi connectivity index (χ1) is 8.60. The third-order valence-electron chi connectivity index (χ3n) is 4.26. The van der Waals surface area contributed by atoms with E-state index >= 15 is 0 Å². The van der Waals surface area contributed by atoms with Gasteiger partial charge in [0.1, 0.15) is 0 Å². The molecule has 104 valence electrons. The van der Waals surface area contributed by atoms with E-state index in [1.54, 1.807) is 0 Å². The fraction of sp³-hybridized carbons (Fsp3) is 0.933. The number of rotatable bonds is 5. The molecule has 2 fully saturated rings. The Morgan fingerprint density at radius 3 is 2.39 bits per heavy atom. The van der Waals surface area contributed by atoms with Gasteiger partial charge in [0, 0.05) is 31.1 Å². The van der Waals surface area contributed by atoms with E-state index in [1.807, 2.05) is 0 Å². The van der Waals surface area contributed by atoms with Crippen molar-refractivity contribution in [3.05, 3.63) is 0 Å². The molecule has 1 amide bonds. The number of fused-ring (bicyclic) bond motifs is 2. The summed E-state index contributed by atoms with van der Waals surface area (Å²) < 4.78 is 0. The van der Waals surface area contributed by atoms with Gasteiger partial charge in [0.15, 0.2) is 0 Å². The molecule has 2 rings (SSSR count). The second-order valence-corrected chi connectivity index (χ2v) is 6.45. The zero-order valence-electron chi connectivity index (χ0n) is 12.1. The highest BCUT2D eigenvalue weighted by molar-refractivity contribution is 5.76. The summed E-state index contributed by atoms with van der Waals surface area (Å²) in [5.74, 6) is 0.841. The van der Waals surface area contributed by atoms with Crippen molar-refractivity contribution in [1.82, 2.24) is 10.2 Å². The highest BCUT2D eigenvalue weighted by atomic mass is 16.2. The van der Waals surface area contributed by atoms with Crippen LogP contribution in [-0.2, 0) is 4.79 Å². The fourth-order valence-electron chi connectivity index (χ4n) is 3.50. The largest absolute Gasteiger partial charge is 0.340 e. The number of hydrogen-bond acceptors (Lipinski definition) is 2. The summed E-state index contributed by atoms with van der Waals surface area (Å²) in [5, 5.41) is 3.66. The average molecular weight is 252 g/mol. The van der Waals surface area contributed by atoms with Crippen LogP contribution >= 0.6 is 0 Å². The minimum Gasteiger partial charge on any atom is -0.340 e. The fourth-order valence-corrected chi connectivity index (χ4v) is 3.50. The lowest BCUT2D eigenvalue weighted by Crippen LogP contribution is -2.50. The van der Waals surface area contributed by atoms with Crippen molar-refractivity contribution in [2.45, 2.75) is 77.4 Å². The Kier molecular flexibility index (Phi) is 4.66. The minimum atomic E-state index is 0.373. The number of piperidine rings is 1. The summed E-state index contributed by atoms with van der Waals surface area (Å²) in [6.45, 7) is 7.38. The number of carbonyl (C=O) groups excluding carboxylic acids is 1. The van der Waals surface area contributed by atoms with E-state index in [2.05, 4.69) is 31.0 Å². The van der Waals surface area contributed by atoms with Crippen LogP contribution in [0, 0.1) is 5.92 Å². The van der Waals surface area contributed by atoms with E-state index in [9.17, 15) is 4.79 Å². The maximum absolute atomic E-state index is 12.4. The number of nitrogens with zero attached hydrogens (tertiary/aromatic N) is 1. The van der Waals surface area contributed by atoms with Gasteiger partial charge in [-0.2, -0.15) is 0 Å². The van der Waals surface area contributed by atoms with Crippen molar-refractivity contribution in [1.29, 1.82) is 0 Å². The summed E-state index contributed by atoms with van der Waals surface area (Å²) in [5.41, 5.74) is 0. The van der Waals surface area contributed by atoms with E-state index in [0.717, 1.165) is 13.0 Å². The van der Waals surface area contributed by atoms with E-state index in [1.165, 1.54) is 25.7 Å². The molecule has 0 aromatic carbocycles. The zero-order valence-corrected chi connectivity index (χ0v) is 12.1. The van der Waals surface area contributed by atoms with E-state index in [-0.39, 0.29) is 0 Å². The molecule has 3 nitrogen and oxygen atoms in total. The molecule has 0 aromatic heterocycles. The van der Waals surface area contributed by atoms with E-state index in [0.29, 0.717) is 36.4 Å². The molecule has 3 heteroatoms. The summed E-state index contributed by atoms with van der Waals surface area (Å²) in [6, 6.07) is 1.83. The lowest BCUT2D eigenvalue weighted by molar-refractivity contribution is -0.135. The maximum atomic E-state index is 12.4. The highest BCUT2D eigenvalue weighted by Gasteiger charge is 2.37. The molecular formula is C15H28N2O. The van der Waals surface area contributed by atoms with Crippen LogP contribution in [0.25, 0.3) is 0 Å². The minimum absolute atomic E-state index is 0.373. The molecule has 18 heavy (non-hydrogen) atoms. The molecule has 2 heterocycles. The standard InChI is InChI=1S/C15H28N2O/c1-4-7-17(15(18)8-11(2)3)14-9-12-5-6-13(10-14)16-12/h11-14,16H,4-10H2,1-3H3. The van der Waals surface area contributed by atoms with E-state index in [4.69, 9.17) is 0 Å². The number of amides is 1. The van der Waals surface area contributed by atoms with Gasteiger partial charge in [-0.15, -0.1) is 0 Å². The summed E-state index contributed by atoms with van der Waals surface area (Å²) in [6.07, 6.45) is 6.72. The number of nitrogens with one attached hydrogen (secondary N) is 1. The summed E-state index contributed by atoms with van der Waals surface area (Å²) in [7, 11) is 0. The molecule has 0 radical (unpaired) electrons. The predicted octanol–water partition coefficient (Wildman–Crippen LogP) is 2.55. The average Bonchev–Trinajstić information content (AvgIpc) is 2.64. The molecular weight excluding hydrogens is 224 g/mol. The Morgan fingerprint density at radius 1 is 1.28 bits per heavy atom. The van der Waals surface area contributed by atoms with Gasteiger partial charge < -0.3 is 10.2 Å². The van der Waals surface area contributed by atoms with Gasteiger partial charge in [0.2, 0.25) is 5.91 Å². The summed E-state index contributed by atoms with van der Waals surface area (Å²) in [4.78, 5) is 14.6. The van der Waals surface area contributed by atoms with Crippen LogP contribution in [0.5, 0.6) is 0 Å². The van der Waals surface area contributed by atoms with Crippen LogP contribution in [0.1, 0.15) is 59.3 Å². The van der Waals surface area contributed by atoms with Gasteiger partial charge in [0.05, 0.1) is 0 Å². The lowest BCUT2D eigenvalue weighted by atomic mass is 9.97. The van der Waals surface area contributed by atoms with Crippen LogP contribution in [0.15, 0.2) is 0 Å². The SMILES string of the molecule is CCCN(C(=O)CC(C)C)C1CC2CCC(C1)N2. The Bertz CT molecular complexity index is 278. The molecule has 0 saturated carbocycles. The van der Waals surface area contributed by atoms with Crippen molar-refractivity contribution in [3.8, 4) is 0 Å². The third kappa shape index (κ3) is 3.25. The quantitative estimate of drug-likeness (QED) is 0.815. The van der Waals surface area contributed by atoms with Gasteiger partial charge in [0.25, 0.3) is 0 Å². The molecule has 0 spiro atoms. The number of hydrogen-bond donors (Lipinski definition) is 1. The van der Waals surface area contributed by atoms with Crippen molar-refractivity contribution in [2.24, 2.45) is 5.92 Å². The van der Waals surface area contributed by atoms with Crippen molar-refractivity contribution >= 4 is 5.91 Å². The van der Waals surface area contributed by atoms with Gasteiger partial charge in [-0.25, -0.2) is 0 Å². The predicted molar refractivity (Wildman–Crippen MR) is 74.4 cm³/mol. The first kappa shape index (κ1) is 13.9. The lowest BCUT2D eigenvalue weighted by Gasteiger charge is -2.38. The Labute approximate surface area is 111 Å². The van der Waals surface area contributed by atoms with E-state index < -0.39 is 0 Å². The first-order valence-electron chi connectivity index (χ1n) is 7.65. The van der Waals surface area contributed by atoms with Crippen LogP contribution in [0.3, 0.4) is 0 Å². The van der Waals surface area contributed by atoms with Crippen LogP contribution < -0.4 is 5.32 Å². The number of carbonyl (C=O) groups is 1. The van der Waals surface area contributed by atoms with Crippen LogP contribution in [0.2, 0.25) is 0 Å². The Hall–Kier alpha value is -0.570. The van der Waals surface area contributed by atoms with Gasteiger partial charge in [-0.3, -0.25) is 4.79 Å². The molecule has 1 N–H and O–H groups in total. The molecule has 0 aromatic rings. The van der Waals surface area contributed by atoms with Crippen LogP contribution in [0.4, 0.5) is 0 Å². The van der Waals surface area contributed by atoms with Gasteiger partial charge in [-0.05, 0) is 38.0 Å². The second kappa shape index (κ2) is 6.05. The molecule has 2 unspecified atom stereocenters. The topological polar surface area (TPSA) is 32.3 Å². The smallest absolute Gasteiger partial charge is 0.223 e. The molecule has 2 bridgehead atoms. The normalized spacial score (nSPS) is 30.8. The van der Waals surface area contributed by atoms with Crippen LogP contribution in [-0.4, -0.2) is 35.5 Å². The molecule has 2 saturated heterocycles. The molecule has 2 atom stereocenters. The first-order valence-corrected chi connectivity index (χ1v) is 7.65. The van der Waals surface area contributed by atoms with Crippen molar-refractivity contribution < 1.29 is 4.79 Å². The Morgan fingerprint density at radius 2 is 1.89 bits per heavy atom. The maximum Gasteiger partial charge on any atom is 0.223 e. The van der Waals surface area contributed by atoms with Gasteiger partial charge >= 0.3 is 0 Å². The highest BCUT2D eigenvalue weighted by Crippen LogP contribution is 2.30. The summed E-state index contributed by atoms with van der Waals surface area (Å²) >= 11 is 0.